The zero-order chi connectivity index (χ0) is 15.7. The highest BCUT2D eigenvalue weighted by atomic mass is 16.2. The van der Waals surface area contributed by atoms with Gasteiger partial charge in [-0.1, -0.05) is 43.7 Å². The van der Waals surface area contributed by atoms with Crippen LogP contribution in [0.5, 0.6) is 0 Å². The Morgan fingerprint density at radius 2 is 1.86 bits per heavy atom. The number of amides is 3. The zero-order valence-electron chi connectivity index (χ0n) is 13.1. The molecule has 1 unspecified atom stereocenters. The van der Waals surface area contributed by atoms with Crippen molar-refractivity contribution in [2.75, 3.05) is 20.1 Å². The SMILES string of the molecule is CCCCN(C)C(C(=O)NC(=O)NCC)c1ccccc1. The molecule has 0 saturated heterocycles. The lowest BCUT2D eigenvalue weighted by Crippen LogP contribution is -2.45. The van der Waals surface area contributed by atoms with Crippen LogP contribution in [-0.2, 0) is 4.79 Å². The fraction of sp³-hybridized carbons (Fsp3) is 0.500. The Hall–Kier alpha value is -1.88. The molecule has 1 rings (SSSR count). The van der Waals surface area contributed by atoms with Crippen LogP contribution in [0.15, 0.2) is 30.3 Å². The van der Waals surface area contributed by atoms with E-state index in [1.807, 2.05) is 49.2 Å². The summed E-state index contributed by atoms with van der Waals surface area (Å²) >= 11 is 0. The smallest absolute Gasteiger partial charge is 0.321 e. The molecule has 0 fully saturated rings. The number of carbonyl (C=O) groups is 2. The molecule has 1 atom stereocenters. The fourth-order valence-electron chi connectivity index (χ4n) is 2.16. The lowest BCUT2D eigenvalue weighted by molar-refractivity contribution is -0.125. The number of likely N-dealkylation sites (N-methyl/N-ethyl adjacent to an activating group) is 1. The second-order valence-electron chi connectivity index (χ2n) is 5.00. The van der Waals surface area contributed by atoms with E-state index in [0.717, 1.165) is 24.9 Å². The third-order valence-electron chi connectivity index (χ3n) is 3.24. The van der Waals surface area contributed by atoms with Gasteiger partial charge in [-0.3, -0.25) is 15.0 Å². The van der Waals surface area contributed by atoms with Crippen molar-refractivity contribution in [3.63, 3.8) is 0 Å². The minimum absolute atomic E-state index is 0.300. The highest BCUT2D eigenvalue weighted by Crippen LogP contribution is 2.19. The maximum Gasteiger partial charge on any atom is 0.321 e. The summed E-state index contributed by atoms with van der Waals surface area (Å²) in [5.41, 5.74) is 0.887. The van der Waals surface area contributed by atoms with Crippen molar-refractivity contribution < 1.29 is 9.59 Å². The molecule has 0 bridgehead atoms. The van der Waals surface area contributed by atoms with Gasteiger partial charge in [0.1, 0.15) is 6.04 Å². The van der Waals surface area contributed by atoms with E-state index in [2.05, 4.69) is 17.6 Å². The van der Waals surface area contributed by atoms with Gasteiger partial charge in [-0.05, 0) is 32.5 Å². The Bertz CT molecular complexity index is 448. The number of nitrogens with one attached hydrogen (secondary N) is 2. The molecule has 21 heavy (non-hydrogen) atoms. The number of unbranched alkanes of at least 4 members (excludes halogenated alkanes) is 1. The number of rotatable bonds is 7. The lowest BCUT2D eigenvalue weighted by Gasteiger charge is -2.27. The van der Waals surface area contributed by atoms with Crippen LogP contribution in [0.3, 0.4) is 0 Å². The number of carbonyl (C=O) groups excluding carboxylic acids is 2. The molecule has 1 aromatic rings. The van der Waals surface area contributed by atoms with Gasteiger partial charge < -0.3 is 5.32 Å². The average Bonchev–Trinajstić information content (AvgIpc) is 2.46. The molecule has 0 aliphatic carbocycles. The van der Waals surface area contributed by atoms with Crippen molar-refractivity contribution in [2.24, 2.45) is 0 Å². The Balaban J connectivity index is 2.86. The predicted molar refractivity (Wildman–Crippen MR) is 83.9 cm³/mol. The van der Waals surface area contributed by atoms with Crippen molar-refractivity contribution in [2.45, 2.75) is 32.7 Å². The van der Waals surface area contributed by atoms with Gasteiger partial charge in [-0.25, -0.2) is 4.79 Å². The average molecular weight is 291 g/mol. The van der Waals surface area contributed by atoms with Crippen LogP contribution >= 0.6 is 0 Å². The zero-order valence-corrected chi connectivity index (χ0v) is 13.1. The number of benzene rings is 1. The number of urea groups is 1. The summed E-state index contributed by atoms with van der Waals surface area (Å²) < 4.78 is 0. The van der Waals surface area contributed by atoms with E-state index < -0.39 is 12.1 Å². The summed E-state index contributed by atoms with van der Waals surface area (Å²) in [7, 11) is 1.91. The Morgan fingerprint density at radius 3 is 2.43 bits per heavy atom. The molecule has 0 aliphatic rings. The summed E-state index contributed by atoms with van der Waals surface area (Å²) in [6.07, 6.45) is 2.07. The Labute approximate surface area is 126 Å². The predicted octanol–water partition coefficient (Wildman–Crippen LogP) is 2.31. The van der Waals surface area contributed by atoms with Gasteiger partial charge in [-0.15, -0.1) is 0 Å². The molecule has 1 aromatic carbocycles. The molecule has 0 aliphatic heterocycles. The number of hydrogen-bond donors (Lipinski definition) is 2. The van der Waals surface area contributed by atoms with Crippen LogP contribution < -0.4 is 10.6 Å². The van der Waals surface area contributed by atoms with Gasteiger partial charge in [0.05, 0.1) is 0 Å². The molecular formula is C16H25N3O2. The van der Waals surface area contributed by atoms with Crippen LogP contribution in [0.4, 0.5) is 4.79 Å². The summed E-state index contributed by atoms with van der Waals surface area (Å²) in [4.78, 5) is 26.0. The Morgan fingerprint density at radius 1 is 1.19 bits per heavy atom. The highest BCUT2D eigenvalue weighted by molar-refractivity contribution is 5.97. The summed E-state index contributed by atoms with van der Waals surface area (Å²) in [5.74, 6) is -0.300. The van der Waals surface area contributed by atoms with Gasteiger partial charge in [0.2, 0.25) is 5.91 Å². The quantitative estimate of drug-likeness (QED) is 0.810. The third kappa shape index (κ3) is 5.55. The number of imide groups is 1. The van der Waals surface area contributed by atoms with Gasteiger partial charge in [0.15, 0.2) is 0 Å². The first-order chi connectivity index (χ1) is 10.1. The first kappa shape index (κ1) is 17.2. The molecule has 2 N–H and O–H groups in total. The highest BCUT2D eigenvalue weighted by Gasteiger charge is 2.25. The van der Waals surface area contributed by atoms with E-state index >= 15 is 0 Å². The van der Waals surface area contributed by atoms with Crippen molar-refractivity contribution in [1.82, 2.24) is 15.5 Å². The molecule has 0 spiro atoms. The first-order valence-electron chi connectivity index (χ1n) is 7.44. The van der Waals surface area contributed by atoms with Gasteiger partial charge in [0.25, 0.3) is 0 Å². The summed E-state index contributed by atoms with van der Waals surface area (Å²) in [6.45, 7) is 5.21. The molecule has 0 heterocycles. The largest absolute Gasteiger partial charge is 0.338 e. The maximum absolute atomic E-state index is 12.4. The minimum Gasteiger partial charge on any atom is -0.338 e. The van der Waals surface area contributed by atoms with E-state index in [1.165, 1.54) is 0 Å². The van der Waals surface area contributed by atoms with E-state index in [1.54, 1.807) is 0 Å². The van der Waals surface area contributed by atoms with Crippen LogP contribution in [0.25, 0.3) is 0 Å². The van der Waals surface area contributed by atoms with Crippen molar-refractivity contribution in [3.8, 4) is 0 Å². The summed E-state index contributed by atoms with van der Waals surface area (Å²) in [6, 6.07) is 8.61. The fourth-order valence-corrected chi connectivity index (χ4v) is 2.16. The van der Waals surface area contributed by atoms with E-state index in [0.29, 0.717) is 6.54 Å². The topological polar surface area (TPSA) is 61.4 Å². The van der Waals surface area contributed by atoms with Gasteiger partial charge >= 0.3 is 6.03 Å². The maximum atomic E-state index is 12.4. The second-order valence-corrected chi connectivity index (χ2v) is 5.00. The van der Waals surface area contributed by atoms with E-state index in [-0.39, 0.29) is 5.91 Å². The van der Waals surface area contributed by atoms with E-state index in [4.69, 9.17) is 0 Å². The number of hydrogen-bond acceptors (Lipinski definition) is 3. The first-order valence-corrected chi connectivity index (χ1v) is 7.44. The van der Waals surface area contributed by atoms with Crippen molar-refractivity contribution in [1.29, 1.82) is 0 Å². The molecule has 3 amide bonds. The van der Waals surface area contributed by atoms with Crippen molar-refractivity contribution in [3.05, 3.63) is 35.9 Å². The molecule has 5 heteroatoms. The molecule has 0 radical (unpaired) electrons. The molecule has 0 aromatic heterocycles. The van der Waals surface area contributed by atoms with Crippen LogP contribution in [0.2, 0.25) is 0 Å². The molecule has 5 nitrogen and oxygen atoms in total. The van der Waals surface area contributed by atoms with Crippen LogP contribution in [-0.4, -0.2) is 37.0 Å². The van der Waals surface area contributed by atoms with Crippen LogP contribution in [0, 0.1) is 0 Å². The molecule has 116 valence electrons. The standard InChI is InChI=1S/C16H25N3O2/c1-4-6-12-19(3)14(13-10-8-7-9-11-13)15(20)18-16(21)17-5-2/h7-11,14H,4-6,12H2,1-3H3,(H2,17,18,20,21). The van der Waals surface area contributed by atoms with Gasteiger partial charge in [0, 0.05) is 6.54 Å². The molecular weight excluding hydrogens is 266 g/mol. The van der Waals surface area contributed by atoms with Crippen LogP contribution in [0.1, 0.15) is 38.3 Å². The monoisotopic (exact) mass is 291 g/mol. The second kappa shape index (κ2) is 9.13. The Kier molecular flexibility index (Phi) is 7.46. The van der Waals surface area contributed by atoms with Crippen molar-refractivity contribution >= 4 is 11.9 Å². The van der Waals surface area contributed by atoms with Gasteiger partial charge in [-0.2, -0.15) is 0 Å². The third-order valence-corrected chi connectivity index (χ3v) is 3.24. The van der Waals surface area contributed by atoms with E-state index in [9.17, 15) is 9.59 Å². The normalized spacial score (nSPS) is 12.0. The summed E-state index contributed by atoms with van der Waals surface area (Å²) in [5, 5.41) is 4.98. The minimum atomic E-state index is -0.458. The molecule has 0 saturated carbocycles. The lowest BCUT2D eigenvalue weighted by atomic mass is 10.0. The number of nitrogens with zero attached hydrogens (tertiary/aromatic N) is 1.